The average Bonchev–Trinajstić information content (AvgIpc) is 2.18. The van der Waals surface area contributed by atoms with E-state index in [1.54, 1.807) is 12.3 Å². The highest BCUT2D eigenvalue weighted by Crippen LogP contribution is 2.20. The summed E-state index contributed by atoms with van der Waals surface area (Å²) in [6.07, 6.45) is 3.85. The molecule has 1 aromatic heterocycles. The van der Waals surface area contributed by atoms with Gasteiger partial charge in [0.15, 0.2) is 0 Å². The molecule has 0 saturated heterocycles. The van der Waals surface area contributed by atoms with Crippen molar-refractivity contribution in [3.63, 3.8) is 0 Å². The molecule has 82 valence electrons. The van der Waals surface area contributed by atoms with E-state index in [-0.39, 0.29) is 11.1 Å². The van der Waals surface area contributed by atoms with E-state index >= 15 is 0 Å². The molecule has 0 aliphatic heterocycles. The van der Waals surface area contributed by atoms with E-state index in [4.69, 9.17) is 5.11 Å². The van der Waals surface area contributed by atoms with Crippen LogP contribution in [0.1, 0.15) is 37.6 Å². The normalized spacial score (nSPS) is 11.1. The number of carboxylic acids is 1. The van der Waals surface area contributed by atoms with Gasteiger partial charge in [-0.25, -0.2) is 4.79 Å². The number of carbonyl (C=O) groups is 1. The largest absolute Gasteiger partial charge is 0.478 e. The molecule has 1 heterocycles. The summed E-state index contributed by atoms with van der Waals surface area (Å²) in [6.45, 7) is 6.10. The second-order valence-corrected chi connectivity index (χ2v) is 4.09. The van der Waals surface area contributed by atoms with Crippen LogP contribution in [0.2, 0.25) is 0 Å². The summed E-state index contributed by atoms with van der Waals surface area (Å²) in [6, 6.07) is 1.68. The molecule has 0 aliphatic carbocycles. The zero-order valence-electron chi connectivity index (χ0n) is 9.24. The molecule has 1 aromatic rings. The predicted octanol–water partition coefficient (Wildman–Crippen LogP) is 2.38. The van der Waals surface area contributed by atoms with Crippen molar-refractivity contribution in [2.45, 2.75) is 32.7 Å². The van der Waals surface area contributed by atoms with Crippen molar-refractivity contribution in [1.82, 2.24) is 4.98 Å². The second-order valence-electron chi connectivity index (χ2n) is 4.09. The van der Waals surface area contributed by atoms with E-state index in [1.165, 1.54) is 6.20 Å². The van der Waals surface area contributed by atoms with Crippen LogP contribution in [-0.2, 0) is 0 Å². The van der Waals surface area contributed by atoms with E-state index in [9.17, 15) is 4.79 Å². The van der Waals surface area contributed by atoms with Crippen molar-refractivity contribution in [1.29, 1.82) is 0 Å². The molecule has 0 amide bonds. The maximum Gasteiger partial charge on any atom is 0.339 e. The fraction of sp³-hybridized carbons (Fsp3) is 0.455. The fourth-order valence-corrected chi connectivity index (χ4v) is 1.13. The lowest BCUT2D eigenvalue weighted by molar-refractivity contribution is 0.0697. The number of pyridine rings is 1. The highest BCUT2D eigenvalue weighted by Gasteiger charge is 2.18. The molecule has 4 heteroatoms. The van der Waals surface area contributed by atoms with E-state index < -0.39 is 5.97 Å². The molecule has 0 aromatic carbocycles. The van der Waals surface area contributed by atoms with Gasteiger partial charge < -0.3 is 10.4 Å². The molecule has 0 unspecified atom stereocenters. The summed E-state index contributed by atoms with van der Waals surface area (Å²) in [4.78, 5) is 14.7. The summed E-state index contributed by atoms with van der Waals surface area (Å²) in [5, 5.41) is 12.2. The van der Waals surface area contributed by atoms with Gasteiger partial charge in [0.25, 0.3) is 0 Å². The lowest BCUT2D eigenvalue weighted by atomic mass is 10.0. The van der Waals surface area contributed by atoms with Gasteiger partial charge in [-0.1, -0.05) is 6.92 Å². The Morgan fingerprint density at radius 2 is 2.27 bits per heavy atom. The Hall–Kier alpha value is -1.58. The first-order valence-corrected chi connectivity index (χ1v) is 4.92. The van der Waals surface area contributed by atoms with Crippen molar-refractivity contribution < 1.29 is 9.90 Å². The summed E-state index contributed by atoms with van der Waals surface area (Å²) in [5.41, 5.74) is 0.703. The maximum absolute atomic E-state index is 10.9. The number of aromatic carboxylic acids is 1. The number of hydrogen-bond acceptors (Lipinski definition) is 3. The highest BCUT2D eigenvalue weighted by atomic mass is 16.4. The van der Waals surface area contributed by atoms with Crippen LogP contribution in [0.3, 0.4) is 0 Å². The van der Waals surface area contributed by atoms with Crippen molar-refractivity contribution in [3.05, 3.63) is 24.0 Å². The third-order valence-corrected chi connectivity index (χ3v) is 2.41. The van der Waals surface area contributed by atoms with E-state index in [2.05, 4.69) is 17.2 Å². The van der Waals surface area contributed by atoms with Gasteiger partial charge in [-0.2, -0.15) is 0 Å². The number of nitrogens with one attached hydrogen (secondary N) is 1. The highest BCUT2D eigenvalue weighted by molar-refractivity contribution is 5.93. The fourth-order valence-electron chi connectivity index (χ4n) is 1.13. The molecule has 0 bridgehead atoms. The van der Waals surface area contributed by atoms with Crippen LogP contribution in [0.15, 0.2) is 18.5 Å². The van der Waals surface area contributed by atoms with E-state index in [0.717, 1.165) is 6.42 Å². The van der Waals surface area contributed by atoms with Gasteiger partial charge in [-0.3, -0.25) is 4.98 Å². The third kappa shape index (κ3) is 2.94. The smallest absolute Gasteiger partial charge is 0.339 e. The molecule has 4 nitrogen and oxygen atoms in total. The van der Waals surface area contributed by atoms with Gasteiger partial charge in [0.1, 0.15) is 5.56 Å². The van der Waals surface area contributed by atoms with Crippen LogP contribution in [-0.4, -0.2) is 21.6 Å². The van der Waals surface area contributed by atoms with Gasteiger partial charge in [0.2, 0.25) is 0 Å². The van der Waals surface area contributed by atoms with Gasteiger partial charge in [-0.15, -0.1) is 0 Å². The quantitative estimate of drug-likeness (QED) is 0.797. The van der Waals surface area contributed by atoms with Crippen molar-refractivity contribution in [3.8, 4) is 0 Å². The van der Waals surface area contributed by atoms with Crippen molar-refractivity contribution >= 4 is 11.7 Å². The van der Waals surface area contributed by atoms with Gasteiger partial charge in [0, 0.05) is 17.9 Å². The SMILES string of the molecule is CCC(C)(C)Nc1ccncc1C(=O)O. The Kier molecular flexibility index (Phi) is 3.29. The Bertz CT molecular complexity index is 361. The Balaban J connectivity index is 2.99. The first-order valence-electron chi connectivity index (χ1n) is 4.92. The molecule has 0 aliphatic rings. The topological polar surface area (TPSA) is 62.2 Å². The molecule has 0 saturated carbocycles. The lowest BCUT2D eigenvalue weighted by Gasteiger charge is -2.26. The van der Waals surface area contributed by atoms with E-state index in [0.29, 0.717) is 5.69 Å². The van der Waals surface area contributed by atoms with Gasteiger partial charge in [-0.05, 0) is 26.3 Å². The summed E-state index contributed by atoms with van der Waals surface area (Å²) >= 11 is 0. The van der Waals surface area contributed by atoms with Crippen LogP contribution < -0.4 is 5.32 Å². The number of carboxylic acid groups (broad SMARTS) is 1. The average molecular weight is 208 g/mol. The van der Waals surface area contributed by atoms with Crippen LogP contribution >= 0.6 is 0 Å². The molecular formula is C11H16N2O2. The standard InChI is InChI=1S/C11H16N2O2/c1-4-11(2,3)13-9-5-6-12-7-8(9)10(14)15/h5-7H,4H2,1-3H3,(H,12,13)(H,14,15). The minimum absolute atomic E-state index is 0.119. The summed E-state index contributed by atoms with van der Waals surface area (Å²) in [5.74, 6) is -0.961. The molecule has 0 radical (unpaired) electrons. The van der Waals surface area contributed by atoms with Crippen molar-refractivity contribution in [2.24, 2.45) is 0 Å². The minimum atomic E-state index is -0.961. The Morgan fingerprint density at radius 1 is 1.60 bits per heavy atom. The molecule has 0 spiro atoms. The number of aromatic nitrogens is 1. The molecule has 0 atom stereocenters. The molecule has 2 N–H and O–H groups in total. The van der Waals surface area contributed by atoms with Crippen LogP contribution in [0.5, 0.6) is 0 Å². The van der Waals surface area contributed by atoms with Gasteiger partial charge >= 0.3 is 5.97 Å². The number of hydrogen-bond donors (Lipinski definition) is 2. The molecular weight excluding hydrogens is 192 g/mol. The van der Waals surface area contributed by atoms with Crippen LogP contribution in [0.4, 0.5) is 5.69 Å². The third-order valence-electron chi connectivity index (χ3n) is 2.41. The van der Waals surface area contributed by atoms with E-state index in [1.807, 2.05) is 13.8 Å². The van der Waals surface area contributed by atoms with Gasteiger partial charge in [0.05, 0.1) is 5.69 Å². The number of rotatable bonds is 4. The lowest BCUT2D eigenvalue weighted by Crippen LogP contribution is -2.30. The number of nitrogens with zero attached hydrogens (tertiary/aromatic N) is 1. The Labute approximate surface area is 89.3 Å². The molecule has 1 rings (SSSR count). The number of anilines is 1. The zero-order chi connectivity index (χ0) is 11.5. The van der Waals surface area contributed by atoms with Crippen molar-refractivity contribution in [2.75, 3.05) is 5.32 Å². The monoisotopic (exact) mass is 208 g/mol. The predicted molar refractivity (Wildman–Crippen MR) is 59.2 cm³/mol. The van der Waals surface area contributed by atoms with Crippen LogP contribution in [0.25, 0.3) is 0 Å². The maximum atomic E-state index is 10.9. The molecule has 0 fully saturated rings. The summed E-state index contributed by atoms with van der Waals surface area (Å²) < 4.78 is 0. The summed E-state index contributed by atoms with van der Waals surface area (Å²) in [7, 11) is 0. The first-order chi connectivity index (χ1) is 6.96. The first kappa shape index (κ1) is 11.5. The molecule has 15 heavy (non-hydrogen) atoms. The second kappa shape index (κ2) is 4.29. The minimum Gasteiger partial charge on any atom is -0.478 e. The Morgan fingerprint density at radius 3 is 2.80 bits per heavy atom. The van der Waals surface area contributed by atoms with Crippen LogP contribution in [0, 0.1) is 0 Å². The zero-order valence-corrected chi connectivity index (χ0v) is 9.24.